The van der Waals surface area contributed by atoms with Crippen LogP contribution < -0.4 is 10.6 Å². The predicted molar refractivity (Wildman–Crippen MR) is 77.9 cm³/mol. The monoisotopic (exact) mass is 259 g/mol. The van der Waals surface area contributed by atoms with Crippen LogP contribution >= 0.6 is 0 Å². The van der Waals surface area contributed by atoms with Crippen molar-refractivity contribution < 1.29 is 4.79 Å². The van der Waals surface area contributed by atoms with E-state index in [0.717, 1.165) is 18.6 Å². The fourth-order valence-corrected chi connectivity index (χ4v) is 2.01. The Morgan fingerprint density at radius 2 is 2.11 bits per heavy atom. The molecule has 1 aromatic heterocycles. The van der Waals surface area contributed by atoms with Gasteiger partial charge in [0.05, 0.1) is 0 Å². The molecule has 0 aliphatic heterocycles. The minimum atomic E-state index is 0.0496. The maximum atomic E-state index is 11.4. The fourth-order valence-electron chi connectivity index (χ4n) is 2.01. The molecule has 0 saturated heterocycles. The third kappa shape index (κ3) is 3.58. The third-order valence-corrected chi connectivity index (χ3v) is 3.13. The second-order valence-corrected chi connectivity index (χ2v) is 4.98. The molecule has 1 heterocycles. The number of carbonyl (C=O) groups excluding carboxylic acids is 1. The molecule has 19 heavy (non-hydrogen) atoms. The minimum absolute atomic E-state index is 0.0496. The highest BCUT2D eigenvalue weighted by molar-refractivity contribution is 5.82. The van der Waals surface area contributed by atoms with E-state index >= 15 is 0 Å². The maximum Gasteiger partial charge on any atom is 0.222 e. The minimum Gasteiger partial charge on any atom is -0.361 e. The van der Waals surface area contributed by atoms with E-state index in [0.29, 0.717) is 6.54 Å². The van der Waals surface area contributed by atoms with Crippen molar-refractivity contribution in [2.75, 3.05) is 13.1 Å². The second kappa shape index (κ2) is 6.38. The molecule has 0 unspecified atom stereocenters. The van der Waals surface area contributed by atoms with Crippen LogP contribution in [0.3, 0.4) is 0 Å². The first-order valence-corrected chi connectivity index (χ1v) is 6.72. The van der Waals surface area contributed by atoms with Gasteiger partial charge in [-0.1, -0.05) is 26.0 Å². The van der Waals surface area contributed by atoms with Crippen LogP contribution in [-0.2, 0) is 11.3 Å². The van der Waals surface area contributed by atoms with Crippen LogP contribution in [0.15, 0.2) is 30.5 Å². The van der Waals surface area contributed by atoms with Crippen LogP contribution in [-0.4, -0.2) is 24.0 Å². The number of fused-ring (bicyclic) bond motifs is 1. The number of benzene rings is 1. The summed E-state index contributed by atoms with van der Waals surface area (Å²) in [4.78, 5) is 14.6. The molecule has 3 N–H and O–H groups in total. The van der Waals surface area contributed by atoms with E-state index in [1.54, 1.807) is 0 Å². The van der Waals surface area contributed by atoms with Crippen molar-refractivity contribution >= 4 is 16.8 Å². The summed E-state index contributed by atoms with van der Waals surface area (Å²) in [5, 5.41) is 7.49. The first-order valence-electron chi connectivity index (χ1n) is 6.72. The van der Waals surface area contributed by atoms with Crippen molar-refractivity contribution in [3.05, 3.63) is 36.0 Å². The van der Waals surface area contributed by atoms with Crippen LogP contribution in [0.5, 0.6) is 0 Å². The molecule has 1 aromatic carbocycles. The molecule has 0 aliphatic carbocycles. The van der Waals surface area contributed by atoms with E-state index < -0.39 is 0 Å². The van der Waals surface area contributed by atoms with Gasteiger partial charge in [0.25, 0.3) is 0 Å². The lowest BCUT2D eigenvalue weighted by Gasteiger charge is -2.09. The Hall–Kier alpha value is -1.81. The molecule has 0 fully saturated rings. The molecule has 4 nitrogen and oxygen atoms in total. The predicted octanol–water partition coefficient (Wildman–Crippen LogP) is 2.03. The van der Waals surface area contributed by atoms with Crippen molar-refractivity contribution in [3.63, 3.8) is 0 Å². The van der Waals surface area contributed by atoms with E-state index in [4.69, 9.17) is 0 Å². The molecular weight excluding hydrogens is 238 g/mol. The molecule has 2 rings (SSSR count). The lowest BCUT2D eigenvalue weighted by atomic mass is 10.1. The van der Waals surface area contributed by atoms with Gasteiger partial charge in [-0.05, 0) is 17.7 Å². The lowest BCUT2D eigenvalue weighted by Crippen LogP contribution is -2.34. The van der Waals surface area contributed by atoms with E-state index in [-0.39, 0.29) is 11.8 Å². The Kier molecular flexibility index (Phi) is 4.58. The smallest absolute Gasteiger partial charge is 0.222 e. The summed E-state index contributed by atoms with van der Waals surface area (Å²) in [6, 6.07) is 8.33. The van der Waals surface area contributed by atoms with Crippen LogP contribution in [0.4, 0.5) is 0 Å². The zero-order chi connectivity index (χ0) is 13.7. The number of aromatic amines is 1. The molecule has 0 radical (unpaired) electrons. The summed E-state index contributed by atoms with van der Waals surface area (Å²) >= 11 is 0. The van der Waals surface area contributed by atoms with E-state index in [1.807, 2.05) is 20.0 Å². The highest BCUT2D eigenvalue weighted by Crippen LogP contribution is 2.16. The number of carbonyl (C=O) groups is 1. The summed E-state index contributed by atoms with van der Waals surface area (Å²) in [6.07, 6.45) is 1.96. The Morgan fingerprint density at radius 3 is 2.89 bits per heavy atom. The zero-order valence-electron chi connectivity index (χ0n) is 11.5. The number of hydrogen-bond donors (Lipinski definition) is 3. The molecule has 0 atom stereocenters. The van der Waals surface area contributed by atoms with Crippen molar-refractivity contribution in [2.24, 2.45) is 5.92 Å². The Labute approximate surface area is 113 Å². The number of hydrogen-bond acceptors (Lipinski definition) is 2. The summed E-state index contributed by atoms with van der Waals surface area (Å²) in [5.41, 5.74) is 2.43. The topological polar surface area (TPSA) is 56.9 Å². The molecule has 0 spiro atoms. The number of rotatable bonds is 6. The second-order valence-electron chi connectivity index (χ2n) is 4.98. The van der Waals surface area contributed by atoms with E-state index in [1.165, 1.54) is 10.9 Å². The number of nitrogens with one attached hydrogen (secondary N) is 3. The Bertz CT molecular complexity index is 545. The van der Waals surface area contributed by atoms with Gasteiger partial charge in [0, 0.05) is 42.7 Å². The molecule has 4 heteroatoms. The molecule has 1 amide bonds. The van der Waals surface area contributed by atoms with Crippen LogP contribution in [0, 0.1) is 5.92 Å². The summed E-state index contributed by atoms with van der Waals surface area (Å²) in [7, 11) is 0. The van der Waals surface area contributed by atoms with Crippen molar-refractivity contribution in [2.45, 2.75) is 20.4 Å². The highest BCUT2D eigenvalue weighted by Gasteiger charge is 2.05. The van der Waals surface area contributed by atoms with Crippen molar-refractivity contribution in [3.8, 4) is 0 Å². The third-order valence-electron chi connectivity index (χ3n) is 3.13. The van der Waals surface area contributed by atoms with Crippen LogP contribution in [0.2, 0.25) is 0 Å². The van der Waals surface area contributed by atoms with Gasteiger partial charge in [-0.3, -0.25) is 4.79 Å². The quantitative estimate of drug-likeness (QED) is 0.695. The fraction of sp³-hybridized carbons (Fsp3) is 0.400. The van der Waals surface area contributed by atoms with E-state index in [9.17, 15) is 4.79 Å². The molecule has 2 aromatic rings. The highest BCUT2D eigenvalue weighted by atomic mass is 16.1. The summed E-state index contributed by atoms with van der Waals surface area (Å²) in [6.45, 7) is 6.05. The first kappa shape index (κ1) is 13.6. The summed E-state index contributed by atoms with van der Waals surface area (Å²) in [5.74, 6) is 0.156. The average Bonchev–Trinajstić information content (AvgIpc) is 2.87. The van der Waals surface area contributed by atoms with Gasteiger partial charge in [0.2, 0.25) is 5.91 Å². The first-order chi connectivity index (χ1) is 9.18. The average molecular weight is 259 g/mol. The van der Waals surface area contributed by atoms with Gasteiger partial charge < -0.3 is 15.6 Å². The number of aromatic nitrogens is 1. The molecule has 0 saturated carbocycles. The number of H-pyrrole nitrogens is 1. The Balaban J connectivity index is 1.77. The lowest BCUT2D eigenvalue weighted by molar-refractivity contribution is -0.123. The number of amides is 1. The SMILES string of the molecule is CC(C)C(=O)NCCNCc1cccc2[nH]ccc12. The standard InChI is InChI=1S/C15H21N3O/c1-11(2)15(19)18-9-8-16-10-12-4-3-5-14-13(12)6-7-17-14/h3-7,11,16-17H,8-10H2,1-2H3,(H,18,19). The van der Waals surface area contributed by atoms with Gasteiger partial charge in [-0.25, -0.2) is 0 Å². The van der Waals surface area contributed by atoms with Gasteiger partial charge >= 0.3 is 0 Å². The molecule has 0 aliphatic rings. The summed E-state index contributed by atoms with van der Waals surface area (Å²) < 4.78 is 0. The normalized spacial score (nSPS) is 11.1. The van der Waals surface area contributed by atoms with Crippen molar-refractivity contribution in [1.82, 2.24) is 15.6 Å². The zero-order valence-corrected chi connectivity index (χ0v) is 11.5. The Morgan fingerprint density at radius 1 is 1.26 bits per heavy atom. The van der Waals surface area contributed by atoms with Gasteiger partial charge in [-0.2, -0.15) is 0 Å². The molecular formula is C15H21N3O. The maximum absolute atomic E-state index is 11.4. The van der Waals surface area contributed by atoms with Gasteiger partial charge in [0.1, 0.15) is 0 Å². The molecule has 0 bridgehead atoms. The van der Waals surface area contributed by atoms with Gasteiger partial charge in [-0.15, -0.1) is 0 Å². The van der Waals surface area contributed by atoms with Gasteiger partial charge in [0.15, 0.2) is 0 Å². The molecule has 102 valence electrons. The van der Waals surface area contributed by atoms with Crippen LogP contribution in [0.25, 0.3) is 10.9 Å². The largest absolute Gasteiger partial charge is 0.361 e. The van der Waals surface area contributed by atoms with Crippen LogP contribution in [0.1, 0.15) is 19.4 Å². The van der Waals surface area contributed by atoms with E-state index in [2.05, 4.69) is 39.9 Å². The van der Waals surface area contributed by atoms with Crippen molar-refractivity contribution in [1.29, 1.82) is 0 Å².